The standard InChI is InChI=1S/C21H30BrN3O3/c1-15(2)13-24-10-11-28-18(14-24)12-23-20(26)19-4-3-9-25(19)21(27)16-5-7-17(22)8-6-16/h5-8,15,18-19H,3-4,9-14H2,1-2H3,(H,23,26). The molecule has 3 rings (SSSR count). The number of ether oxygens (including phenoxy) is 1. The summed E-state index contributed by atoms with van der Waals surface area (Å²) in [7, 11) is 0. The molecular formula is C21H30BrN3O3. The Balaban J connectivity index is 1.53. The topological polar surface area (TPSA) is 61.9 Å². The smallest absolute Gasteiger partial charge is 0.254 e. The lowest BCUT2D eigenvalue weighted by Gasteiger charge is -2.34. The fraction of sp³-hybridized carbons (Fsp3) is 0.619. The predicted octanol–water partition coefficient (Wildman–Crippen LogP) is 2.53. The molecule has 0 aliphatic carbocycles. The van der Waals surface area contributed by atoms with E-state index in [1.165, 1.54) is 0 Å². The summed E-state index contributed by atoms with van der Waals surface area (Å²) in [6.45, 7) is 9.06. The van der Waals surface area contributed by atoms with Crippen LogP contribution in [0.25, 0.3) is 0 Å². The Morgan fingerprint density at radius 1 is 1.25 bits per heavy atom. The van der Waals surface area contributed by atoms with E-state index in [4.69, 9.17) is 4.74 Å². The van der Waals surface area contributed by atoms with E-state index in [-0.39, 0.29) is 17.9 Å². The van der Waals surface area contributed by atoms with Crippen LogP contribution >= 0.6 is 15.9 Å². The highest BCUT2D eigenvalue weighted by Gasteiger charge is 2.35. The Hall–Kier alpha value is -1.44. The largest absolute Gasteiger partial charge is 0.374 e. The molecule has 28 heavy (non-hydrogen) atoms. The highest BCUT2D eigenvalue weighted by Crippen LogP contribution is 2.21. The second-order valence-corrected chi connectivity index (χ2v) is 8.97. The van der Waals surface area contributed by atoms with Crippen molar-refractivity contribution in [2.75, 3.05) is 39.3 Å². The number of rotatable bonds is 6. The molecule has 0 radical (unpaired) electrons. The van der Waals surface area contributed by atoms with E-state index in [1.807, 2.05) is 12.1 Å². The molecule has 1 aromatic carbocycles. The third kappa shape index (κ3) is 5.55. The van der Waals surface area contributed by atoms with E-state index in [9.17, 15) is 9.59 Å². The fourth-order valence-corrected chi connectivity index (χ4v) is 4.22. The minimum absolute atomic E-state index is 0.00785. The molecule has 2 aliphatic rings. The Kier molecular flexibility index (Phi) is 7.48. The monoisotopic (exact) mass is 451 g/mol. The zero-order valence-electron chi connectivity index (χ0n) is 16.7. The molecule has 2 unspecified atom stereocenters. The lowest BCUT2D eigenvalue weighted by atomic mass is 10.1. The molecule has 6 nitrogen and oxygen atoms in total. The molecule has 7 heteroatoms. The van der Waals surface area contributed by atoms with Crippen LogP contribution in [0.2, 0.25) is 0 Å². The van der Waals surface area contributed by atoms with Crippen molar-refractivity contribution in [1.82, 2.24) is 15.1 Å². The normalized spacial score (nSPS) is 23.2. The molecule has 0 saturated carbocycles. The number of morpholine rings is 1. The van der Waals surface area contributed by atoms with Gasteiger partial charge >= 0.3 is 0 Å². The summed E-state index contributed by atoms with van der Waals surface area (Å²) in [5, 5.41) is 3.02. The first-order valence-corrected chi connectivity index (χ1v) is 10.9. The van der Waals surface area contributed by atoms with Crippen molar-refractivity contribution < 1.29 is 14.3 Å². The SMILES string of the molecule is CC(C)CN1CCOC(CNC(=O)C2CCCN2C(=O)c2ccc(Br)cc2)C1. The zero-order chi connectivity index (χ0) is 20.1. The van der Waals surface area contributed by atoms with Gasteiger partial charge in [0, 0.05) is 42.8 Å². The first-order valence-electron chi connectivity index (χ1n) is 10.1. The van der Waals surface area contributed by atoms with Gasteiger partial charge in [-0.15, -0.1) is 0 Å². The van der Waals surface area contributed by atoms with E-state index >= 15 is 0 Å². The number of nitrogens with zero attached hydrogens (tertiary/aromatic N) is 2. The summed E-state index contributed by atoms with van der Waals surface area (Å²) in [5.74, 6) is 0.458. The van der Waals surface area contributed by atoms with Crippen LogP contribution in [-0.2, 0) is 9.53 Å². The van der Waals surface area contributed by atoms with E-state index in [0.717, 1.165) is 30.5 Å². The number of benzene rings is 1. The highest BCUT2D eigenvalue weighted by atomic mass is 79.9. The average Bonchev–Trinajstić information content (AvgIpc) is 3.16. The molecular weight excluding hydrogens is 422 g/mol. The van der Waals surface area contributed by atoms with Crippen molar-refractivity contribution in [1.29, 1.82) is 0 Å². The molecule has 2 amide bonds. The first kappa shape index (κ1) is 21.3. The number of hydrogen-bond donors (Lipinski definition) is 1. The number of nitrogens with one attached hydrogen (secondary N) is 1. The number of hydrogen-bond acceptors (Lipinski definition) is 4. The zero-order valence-corrected chi connectivity index (χ0v) is 18.3. The number of carbonyl (C=O) groups is 2. The first-order chi connectivity index (χ1) is 13.4. The van der Waals surface area contributed by atoms with E-state index < -0.39 is 6.04 Å². The quantitative estimate of drug-likeness (QED) is 0.721. The van der Waals surface area contributed by atoms with Gasteiger partial charge in [0.25, 0.3) is 5.91 Å². The molecule has 1 N–H and O–H groups in total. The van der Waals surface area contributed by atoms with Gasteiger partial charge in [-0.05, 0) is 43.0 Å². The maximum absolute atomic E-state index is 12.8. The lowest BCUT2D eigenvalue weighted by molar-refractivity contribution is -0.126. The van der Waals surface area contributed by atoms with Crippen molar-refractivity contribution in [2.45, 2.75) is 38.8 Å². The van der Waals surface area contributed by atoms with Crippen molar-refractivity contribution in [3.63, 3.8) is 0 Å². The second kappa shape index (κ2) is 9.85. The average molecular weight is 452 g/mol. The maximum Gasteiger partial charge on any atom is 0.254 e. The van der Waals surface area contributed by atoms with Gasteiger partial charge in [-0.25, -0.2) is 0 Å². The number of carbonyl (C=O) groups excluding carboxylic acids is 2. The van der Waals surface area contributed by atoms with Gasteiger partial charge in [0.2, 0.25) is 5.91 Å². The van der Waals surface area contributed by atoms with Crippen LogP contribution in [0.4, 0.5) is 0 Å². The Morgan fingerprint density at radius 3 is 2.71 bits per heavy atom. The Labute approximate surface area is 175 Å². The summed E-state index contributed by atoms with van der Waals surface area (Å²) in [4.78, 5) is 29.7. The number of amides is 2. The van der Waals surface area contributed by atoms with E-state index in [1.54, 1.807) is 17.0 Å². The van der Waals surface area contributed by atoms with Crippen LogP contribution < -0.4 is 5.32 Å². The minimum Gasteiger partial charge on any atom is -0.374 e. The van der Waals surface area contributed by atoms with Gasteiger partial charge in [-0.2, -0.15) is 0 Å². The van der Waals surface area contributed by atoms with Crippen molar-refractivity contribution in [2.24, 2.45) is 5.92 Å². The van der Waals surface area contributed by atoms with Crippen molar-refractivity contribution >= 4 is 27.7 Å². The van der Waals surface area contributed by atoms with Gasteiger partial charge < -0.3 is 15.0 Å². The summed E-state index contributed by atoms with van der Waals surface area (Å²) in [6, 6.07) is 6.88. The molecule has 0 aromatic heterocycles. The van der Waals surface area contributed by atoms with Crippen LogP contribution in [0.1, 0.15) is 37.0 Å². The predicted molar refractivity (Wildman–Crippen MR) is 112 cm³/mol. The van der Waals surface area contributed by atoms with Gasteiger partial charge in [0.1, 0.15) is 6.04 Å². The van der Waals surface area contributed by atoms with Crippen molar-refractivity contribution in [3.8, 4) is 0 Å². The van der Waals surface area contributed by atoms with Crippen LogP contribution in [0.5, 0.6) is 0 Å². The van der Waals surface area contributed by atoms with Crippen LogP contribution in [0, 0.1) is 5.92 Å². The second-order valence-electron chi connectivity index (χ2n) is 8.05. The minimum atomic E-state index is -0.397. The number of likely N-dealkylation sites (tertiary alicyclic amines) is 1. The van der Waals surface area contributed by atoms with Gasteiger partial charge in [0.15, 0.2) is 0 Å². The summed E-state index contributed by atoms with van der Waals surface area (Å²) in [6.07, 6.45) is 1.56. The lowest BCUT2D eigenvalue weighted by Crippen LogP contribution is -2.51. The molecule has 2 atom stereocenters. The van der Waals surface area contributed by atoms with Crippen LogP contribution in [0.3, 0.4) is 0 Å². The third-order valence-corrected chi connectivity index (χ3v) is 5.79. The molecule has 0 bridgehead atoms. The fourth-order valence-electron chi connectivity index (χ4n) is 3.96. The molecule has 2 heterocycles. The van der Waals surface area contributed by atoms with Gasteiger partial charge in [-0.3, -0.25) is 14.5 Å². The van der Waals surface area contributed by atoms with Gasteiger partial charge in [0.05, 0.1) is 12.7 Å². The Bertz CT molecular complexity index is 680. The maximum atomic E-state index is 12.8. The molecule has 1 aromatic rings. The molecule has 2 fully saturated rings. The van der Waals surface area contributed by atoms with Crippen LogP contribution in [0.15, 0.2) is 28.7 Å². The summed E-state index contributed by atoms with van der Waals surface area (Å²) in [5.41, 5.74) is 0.614. The molecule has 154 valence electrons. The van der Waals surface area contributed by atoms with Gasteiger partial charge in [-0.1, -0.05) is 29.8 Å². The summed E-state index contributed by atoms with van der Waals surface area (Å²) < 4.78 is 6.75. The molecule has 2 saturated heterocycles. The summed E-state index contributed by atoms with van der Waals surface area (Å²) >= 11 is 3.38. The van der Waals surface area contributed by atoms with Crippen LogP contribution in [-0.4, -0.2) is 73.1 Å². The van der Waals surface area contributed by atoms with Crippen molar-refractivity contribution in [3.05, 3.63) is 34.3 Å². The van der Waals surface area contributed by atoms with E-state index in [0.29, 0.717) is 37.6 Å². The molecule has 2 aliphatic heterocycles. The number of halogens is 1. The van der Waals surface area contributed by atoms with E-state index in [2.05, 4.69) is 40.0 Å². The third-order valence-electron chi connectivity index (χ3n) is 5.26. The Morgan fingerprint density at radius 2 is 2.00 bits per heavy atom. The molecule has 0 spiro atoms. The highest BCUT2D eigenvalue weighted by molar-refractivity contribution is 9.10.